The van der Waals surface area contributed by atoms with Crippen molar-refractivity contribution in [1.29, 1.82) is 0 Å². The third-order valence-electron chi connectivity index (χ3n) is 7.78. The van der Waals surface area contributed by atoms with Crippen LogP contribution in [0.3, 0.4) is 0 Å². The number of nitrogens with one attached hydrogen (secondary N) is 1. The first-order valence-corrected chi connectivity index (χ1v) is 13.1. The predicted octanol–water partition coefficient (Wildman–Crippen LogP) is 2.48. The van der Waals surface area contributed by atoms with Gasteiger partial charge in [-0.15, -0.1) is 0 Å². The van der Waals surface area contributed by atoms with Gasteiger partial charge in [0.2, 0.25) is 11.7 Å². The molecule has 3 aliphatic rings. The van der Waals surface area contributed by atoms with E-state index in [0.29, 0.717) is 62.9 Å². The van der Waals surface area contributed by atoms with Crippen LogP contribution < -0.4 is 19.1 Å². The summed E-state index contributed by atoms with van der Waals surface area (Å²) in [5, 5.41) is 8.25. The summed E-state index contributed by atoms with van der Waals surface area (Å²) in [6.07, 6.45) is 5.06. The zero-order chi connectivity index (χ0) is 26.2. The largest absolute Gasteiger partial charge is 0.481 e. The van der Waals surface area contributed by atoms with Gasteiger partial charge in [0.25, 0.3) is 5.88 Å². The number of likely N-dealkylation sites (tertiary alicyclic amines) is 1. The monoisotopic (exact) mass is 519 g/mol. The first-order valence-electron chi connectivity index (χ1n) is 13.1. The van der Waals surface area contributed by atoms with E-state index in [1.165, 1.54) is 6.08 Å². The smallest absolute Gasteiger partial charge is 0.322 e. The molecule has 1 aromatic carbocycles. The Bertz CT molecular complexity index is 1350. The molecule has 38 heavy (non-hydrogen) atoms. The van der Waals surface area contributed by atoms with Gasteiger partial charge < -0.3 is 28.9 Å². The highest BCUT2D eigenvalue weighted by atomic mass is 16.6. The molecular formula is C27H33N7O4. The zero-order valence-corrected chi connectivity index (χ0v) is 21.9. The van der Waals surface area contributed by atoms with Crippen LogP contribution in [0.4, 0.5) is 5.82 Å². The van der Waals surface area contributed by atoms with Crippen LogP contribution in [0.5, 0.6) is 17.6 Å². The summed E-state index contributed by atoms with van der Waals surface area (Å²) in [6.45, 7) is 9.90. The number of H-pyrrole nitrogens is 1. The number of hydrogen-bond donors (Lipinski definition) is 1. The number of hydrogen-bond acceptors (Lipinski definition) is 9. The van der Waals surface area contributed by atoms with Gasteiger partial charge in [0, 0.05) is 43.2 Å². The average molecular weight is 520 g/mol. The van der Waals surface area contributed by atoms with E-state index >= 15 is 0 Å². The van der Waals surface area contributed by atoms with Crippen LogP contribution in [0.1, 0.15) is 30.1 Å². The van der Waals surface area contributed by atoms with Crippen LogP contribution in [-0.4, -0.2) is 94.9 Å². The van der Waals surface area contributed by atoms with Crippen molar-refractivity contribution in [1.82, 2.24) is 30.0 Å². The number of benzene rings is 1. The molecule has 2 unspecified atom stereocenters. The van der Waals surface area contributed by atoms with Gasteiger partial charge in [-0.2, -0.15) is 15.1 Å². The van der Waals surface area contributed by atoms with Gasteiger partial charge in [-0.1, -0.05) is 12.6 Å². The summed E-state index contributed by atoms with van der Waals surface area (Å²) >= 11 is 0. The van der Waals surface area contributed by atoms with Crippen molar-refractivity contribution in [3.8, 4) is 17.6 Å². The Morgan fingerprint density at radius 2 is 2.08 bits per heavy atom. The molecule has 2 atom stereocenters. The second-order valence-corrected chi connectivity index (χ2v) is 10.1. The topological polar surface area (TPSA) is 109 Å². The van der Waals surface area contributed by atoms with Gasteiger partial charge in [0.1, 0.15) is 13.2 Å². The van der Waals surface area contributed by atoms with E-state index in [2.05, 4.69) is 51.6 Å². The number of aromatic amines is 1. The number of amides is 1. The fourth-order valence-corrected chi connectivity index (χ4v) is 5.56. The minimum absolute atomic E-state index is 0.0645. The molecule has 2 aromatic heterocycles. The van der Waals surface area contributed by atoms with Crippen LogP contribution in [-0.2, 0) is 4.79 Å². The molecule has 6 rings (SSSR count). The van der Waals surface area contributed by atoms with Gasteiger partial charge in [-0.25, -0.2) is 0 Å². The van der Waals surface area contributed by atoms with Gasteiger partial charge in [-0.3, -0.25) is 9.89 Å². The number of likely N-dealkylation sites (N-methyl/N-ethyl adjacent to an activating group) is 1. The Labute approximate surface area is 221 Å². The number of anilines is 1. The van der Waals surface area contributed by atoms with E-state index in [1.807, 2.05) is 12.3 Å². The lowest BCUT2D eigenvalue weighted by atomic mass is 9.99. The summed E-state index contributed by atoms with van der Waals surface area (Å²) < 4.78 is 19.0. The Morgan fingerprint density at radius 1 is 1.24 bits per heavy atom. The molecule has 3 aliphatic heterocycles. The lowest BCUT2D eigenvalue weighted by Gasteiger charge is -2.36. The summed E-state index contributed by atoms with van der Waals surface area (Å²) in [5.41, 5.74) is 3.06. The van der Waals surface area contributed by atoms with Gasteiger partial charge in [0.05, 0.1) is 11.7 Å². The minimum Gasteiger partial charge on any atom is -0.481 e. The fraction of sp³-hybridized carbons (Fsp3) is 0.481. The number of carbonyl (C=O) groups excluding carboxylic acids is 1. The van der Waals surface area contributed by atoms with Crippen LogP contribution in [0.2, 0.25) is 0 Å². The minimum atomic E-state index is -0.359. The third kappa shape index (κ3) is 4.51. The Hall–Kier alpha value is -3.86. The molecule has 0 spiro atoms. The second kappa shape index (κ2) is 10.1. The molecule has 0 bridgehead atoms. The van der Waals surface area contributed by atoms with E-state index in [4.69, 9.17) is 19.2 Å². The van der Waals surface area contributed by atoms with E-state index in [0.717, 1.165) is 41.4 Å². The summed E-state index contributed by atoms with van der Waals surface area (Å²) in [7, 11) is 2.12. The number of carbonyl (C=O) groups is 1. The second-order valence-electron chi connectivity index (χ2n) is 10.1. The standard InChI is InChI=1S/C27H33N7O4/c1-4-22(35)33-10-12-34(13-11-33)25-24-26(30-27(29-25)37-15-18-6-5-9-32(18)3)38-21(16-36-24)23-17(2)7-8-20-19(23)14-28-31-20/h4,7-8,14,18,21H,1,5-6,9-13,15-16H2,2-3H3,(H,28,31). The van der Waals surface area contributed by atoms with Crippen molar-refractivity contribution in [3.05, 3.63) is 42.1 Å². The average Bonchev–Trinajstić information content (AvgIpc) is 3.59. The normalized spacial score (nSPS) is 21.6. The third-order valence-corrected chi connectivity index (χ3v) is 7.78. The van der Waals surface area contributed by atoms with Gasteiger partial charge >= 0.3 is 6.01 Å². The van der Waals surface area contributed by atoms with Crippen molar-refractivity contribution in [2.45, 2.75) is 31.9 Å². The maximum Gasteiger partial charge on any atom is 0.322 e. The van der Waals surface area contributed by atoms with E-state index in [1.54, 1.807) is 4.90 Å². The first-order chi connectivity index (χ1) is 18.5. The van der Waals surface area contributed by atoms with E-state index < -0.39 is 0 Å². The lowest BCUT2D eigenvalue weighted by molar-refractivity contribution is -0.126. The lowest BCUT2D eigenvalue weighted by Crippen LogP contribution is -2.48. The molecular weight excluding hydrogens is 486 g/mol. The van der Waals surface area contributed by atoms with Crippen molar-refractivity contribution in [2.75, 3.05) is 57.9 Å². The molecule has 2 fully saturated rings. The van der Waals surface area contributed by atoms with Gasteiger partial charge in [-0.05, 0) is 51.1 Å². The van der Waals surface area contributed by atoms with Crippen LogP contribution >= 0.6 is 0 Å². The first kappa shape index (κ1) is 24.5. The Kier molecular flexibility index (Phi) is 6.52. The fourth-order valence-electron chi connectivity index (χ4n) is 5.56. The molecule has 200 valence electrons. The summed E-state index contributed by atoms with van der Waals surface area (Å²) in [6, 6.07) is 4.67. The van der Waals surface area contributed by atoms with Crippen molar-refractivity contribution in [2.24, 2.45) is 0 Å². The van der Waals surface area contributed by atoms with Crippen LogP contribution in [0, 0.1) is 6.92 Å². The Balaban J connectivity index is 1.31. The quantitative estimate of drug-likeness (QED) is 0.491. The molecule has 0 radical (unpaired) electrons. The molecule has 0 saturated carbocycles. The Morgan fingerprint density at radius 3 is 2.84 bits per heavy atom. The molecule has 1 amide bonds. The van der Waals surface area contributed by atoms with Crippen LogP contribution in [0.15, 0.2) is 31.0 Å². The maximum atomic E-state index is 12.1. The van der Waals surface area contributed by atoms with E-state index in [9.17, 15) is 4.79 Å². The van der Waals surface area contributed by atoms with Crippen molar-refractivity contribution in [3.63, 3.8) is 0 Å². The number of rotatable bonds is 6. The maximum absolute atomic E-state index is 12.1. The molecule has 5 heterocycles. The van der Waals surface area contributed by atoms with Crippen LogP contribution in [0.25, 0.3) is 10.9 Å². The molecule has 3 aromatic rings. The number of nitrogens with zero attached hydrogens (tertiary/aromatic N) is 6. The summed E-state index contributed by atoms with van der Waals surface area (Å²) in [5.74, 6) is 1.44. The highest BCUT2D eigenvalue weighted by molar-refractivity contribution is 5.87. The number of aryl methyl sites for hydroxylation is 1. The molecule has 11 nitrogen and oxygen atoms in total. The van der Waals surface area contributed by atoms with Gasteiger partial charge in [0.15, 0.2) is 11.9 Å². The van der Waals surface area contributed by atoms with Crippen molar-refractivity contribution < 1.29 is 19.0 Å². The SMILES string of the molecule is C=CC(=O)N1CCN(c2nc(OCC3CCCN3C)nc3c2OCC(c2c(C)ccc4[nH]ncc24)O3)CC1. The molecule has 2 saturated heterocycles. The number of ether oxygens (including phenoxy) is 3. The molecule has 1 N–H and O–H groups in total. The van der Waals surface area contributed by atoms with E-state index in [-0.39, 0.29) is 18.0 Å². The molecule has 11 heteroatoms. The highest BCUT2D eigenvalue weighted by Crippen LogP contribution is 2.44. The number of piperazine rings is 1. The highest BCUT2D eigenvalue weighted by Gasteiger charge is 2.34. The summed E-state index contributed by atoms with van der Waals surface area (Å²) in [4.78, 5) is 27.7. The zero-order valence-electron chi connectivity index (χ0n) is 21.9. The predicted molar refractivity (Wildman–Crippen MR) is 142 cm³/mol. The molecule has 0 aliphatic carbocycles. The number of fused-ring (bicyclic) bond motifs is 2. The number of aromatic nitrogens is 4. The van der Waals surface area contributed by atoms with Crippen molar-refractivity contribution >= 4 is 22.6 Å².